The van der Waals surface area contributed by atoms with Crippen LogP contribution in [0.25, 0.3) is 0 Å². The standard InChI is InChI=1S/C21H27F2N5O2/c22-21(23,16-8-4-3-5-9-16)18(29)13-11-17-12-14-20(30)28(17)15-7-2-1-6-10-19-24-26-27-25-19/h3-5,8-9,11,13,17-18,29H,1-2,6-7,10,12,14-15H2,(H,24,25,26,27)/t17-,18+/m0/s1. The maximum Gasteiger partial charge on any atom is 0.302 e. The smallest absolute Gasteiger partial charge is 0.302 e. The van der Waals surface area contributed by atoms with Crippen molar-refractivity contribution in [3.63, 3.8) is 0 Å². The number of rotatable bonds is 11. The van der Waals surface area contributed by atoms with Crippen LogP contribution in [0.3, 0.4) is 0 Å². The van der Waals surface area contributed by atoms with Crippen molar-refractivity contribution in [2.45, 2.75) is 63.0 Å². The van der Waals surface area contributed by atoms with Gasteiger partial charge in [-0.25, -0.2) is 0 Å². The van der Waals surface area contributed by atoms with Crippen LogP contribution in [-0.2, 0) is 17.1 Å². The zero-order valence-corrected chi connectivity index (χ0v) is 16.8. The first-order chi connectivity index (χ1) is 14.5. The van der Waals surface area contributed by atoms with Gasteiger partial charge >= 0.3 is 5.92 Å². The van der Waals surface area contributed by atoms with Crippen LogP contribution >= 0.6 is 0 Å². The van der Waals surface area contributed by atoms with Crippen molar-refractivity contribution in [1.29, 1.82) is 0 Å². The summed E-state index contributed by atoms with van der Waals surface area (Å²) < 4.78 is 28.8. The van der Waals surface area contributed by atoms with Gasteiger partial charge in [-0.05, 0) is 19.3 Å². The molecule has 30 heavy (non-hydrogen) atoms. The Kier molecular flexibility index (Phi) is 7.62. The molecule has 162 valence electrons. The minimum absolute atomic E-state index is 0.0285. The fourth-order valence-electron chi connectivity index (χ4n) is 3.64. The summed E-state index contributed by atoms with van der Waals surface area (Å²) >= 11 is 0. The number of likely N-dealkylation sites (tertiary alicyclic amines) is 1. The number of amides is 1. The molecule has 0 spiro atoms. The Balaban J connectivity index is 1.45. The van der Waals surface area contributed by atoms with Gasteiger partial charge in [-0.3, -0.25) is 4.79 Å². The Bertz CT molecular complexity index is 814. The van der Waals surface area contributed by atoms with E-state index in [-0.39, 0.29) is 17.5 Å². The summed E-state index contributed by atoms with van der Waals surface area (Å²) in [6.07, 6.45) is 6.18. The fraction of sp³-hybridized carbons (Fsp3) is 0.524. The molecule has 1 aliphatic rings. The first-order valence-electron chi connectivity index (χ1n) is 10.3. The summed E-state index contributed by atoms with van der Waals surface area (Å²) in [5.41, 5.74) is -0.234. The number of alkyl halides is 2. The van der Waals surface area contributed by atoms with Crippen LogP contribution in [-0.4, -0.2) is 55.2 Å². The highest BCUT2D eigenvalue weighted by atomic mass is 19.3. The van der Waals surface area contributed by atoms with E-state index in [4.69, 9.17) is 0 Å². The number of carbonyl (C=O) groups excluding carboxylic acids is 1. The molecule has 0 radical (unpaired) electrons. The number of aromatic amines is 1. The quantitative estimate of drug-likeness (QED) is 0.431. The summed E-state index contributed by atoms with van der Waals surface area (Å²) in [5.74, 6) is -2.66. The number of aliphatic hydroxyl groups is 1. The summed E-state index contributed by atoms with van der Waals surface area (Å²) in [5, 5.41) is 23.8. The maximum atomic E-state index is 14.4. The fourth-order valence-corrected chi connectivity index (χ4v) is 3.64. The van der Waals surface area contributed by atoms with Gasteiger partial charge in [0.15, 0.2) is 5.82 Å². The Morgan fingerprint density at radius 1 is 1.23 bits per heavy atom. The second kappa shape index (κ2) is 10.4. The van der Waals surface area contributed by atoms with Crippen LogP contribution in [0.4, 0.5) is 8.78 Å². The van der Waals surface area contributed by atoms with Crippen LogP contribution in [0.5, 0.6) is 0 Å². The predicted molar refractivity (Wildman–Crippen MR) is 107 cm³/mol. The first kappa shape index (κ1) is 22.0. The molecular weight excluding hydrogens is 392 g/mol. The highest BCUT2D eigenvalue weighted by Gasteiger charge is 2.39. The lowest BCUT2D eigenvalue weighted by molar-refractivity contribution is -0.128. The monoisotopic (exact) mass is 419 g/mol. The minimum Gasteiger partial charge on any atom is -0.382 e. The lowest BCUT2D eigenvalue weighted by Crippen LogP contribution is -2.34. The zero-order chi connectivity index (χ0) is 21.4. The van der Waals surface area contributed by atoms with Gasteiger partial charge in [0.25, 0.3) is 0 Å². The number of halogens is 2. The molecule has 0 saturated carbocycles. The SMILES string of the molecule is O=C1CC[C@H](C=C[C@@H](O)C(F)(F)c2ccccc2)N1CCCCCCc1nn[nH]n1. The van der Waals surface area contributed by atoms with Gasteiger partial charge in [0.05, 0.1) is 6.04 Å². The van der Waals surface area contributed by atoms with Crippen LogP contribution in [0.1, 0.15) is 49.9 Å². The molecule has 2 aromatic rings. The van der Waals surface area contributed by atoms with Gasteiger partial charge in [-0.1, -0.05) is 60.5 Å². The van der Waals surface area contributed by atoms with Crippen LogP contribution < -0.4 is 0 Å². The number of tetrazole rings is 1. The highest BCUT2D eigenvalue weighted by molar-refractivity contribution is 5.79. The molecule has 1 saturated heterocycles. The normalized spacial score (nSPS) is 18.4. The Morgan fingerprint density at radius 2 is 2.00 bits per heavy atom. The second-order valence-corrected chi connectivity index (χ2v) is 7.50. The predicted octanol–water partition coefficient (Wildman–Crippen LogP) is 3.00. The molecule has 1 amide bonds. The van der Waals surface area contributed by atoms with Crippen LogP contribution in [0, 0.1) is 0 Å². The van der Waals surface area contributed by atoms with Crippen molar-refractivity contribution in [2.75, 3.05) is 6.54 Å². The van der Waals surface area contributed by atoms with E-state index in [1.54, 1.807) is 17.0 Å². The number of H-pyrrole nitrogens is 1. The summed E-state index contributed by atoms with van der Waals surface area (Å²) in [4.78, 5) is 13.9. The average molecular weight is 419 g/mol. The number of unbranched alkanes of at least 4 members (excludes halogenated alkanes) is 3. The molecule has 2 N–H and O–H groups in total. The summed E-state index contributed by atoms with van der Waals surface area (Å²) in [6.45, 7) is 0.585. The first-order valence-corrected chi connectivity index (χ1v) is 10.3. The number of carbonyl (C=O) groups is 1. The van der Waals surface area contributed by atoms with Crippen molar-refractivity contribution in [3.05, 3.63) is 53.9 Å². The third kappa shape index (κ3) is 5.69. The zero-order valence-electron chi connectivity index (χ0n) is 16.8. The highest BCUT2D eigenvalue weighted by Crippen LogP contribution is 2.32. The molecule has 0 unspecified atom stereocenters. The number of benzene rings is 1. The molecule has 1 aromatic heterocycles. The summed E-state index contributed by atoms with van der Waals surface area (Å²) in [6, 6.07) is 7.01. The van der Waals surface area contributed by atoms with E-state index < -0.39 is 12.0 Å². The molecule has 1 aromatic carbocycles. The summed E-state index contributed by atoms with van der Waals surface area (Å²) in [7, 11) is 0. The molecule has 2 atom stereocenters. The second-order valence-electron chi connectivity index (χ2n) is 7.50. The molecule has 7 nitrogen and oxygen atoms in total. The Labute approximate surface area is 174 Å². The molecule has 1 fully saturated rings. The number of hydrogen-bond donors (Lipinski definition) is 2. The Morgan fingerprint density at radius 3 is 2.73 bits per heavy atom. The number of aromatic nitrogens is 4. The van der Waals surface area contributed by atoms with Gasteiger partial charge in [0.1, 0.15) is 6.10 Å². The van der Waals surface area contributed by atoms with E-state index in [2.05, 4.69) is 20.6 Å². The van der Waals surface area contributed by atoms with Crippen molar-refractivity contribution in [1.82, 2.24) is 25.5 Å². The molecular formula is C21H27F2N5O2. The van der Waals surface area contributed by atoms with E-state index in [0.29, 0.717) is 25.2 Å². The molecule has 9 heteroatoms. The molecule has 3 rings (SSSR count). The lowest BCUT2D eigenvalue weighted by Gasteiger charge is -2.24. The topological polar surface area (TPSA) is 95.0 Å². The van der Waals surface area contributed by atoms with E-state index in [1.807, 2.05) is 0 Å². The third-order valence-corrected chi connectivity index (χ3v) is 5.36. The van der Waals surface area contributed by atoms with Gasteiger partial charge in [0.2, 0.25) is 5.91 Å². The van der Waals surface area contributed by atoms with Gasteiger partial charge in [-0.15, -0.1) is 10.2 Å². The largest absolute Gasteiger partial charge is 0.382 e. The van der Waals surface area contributed by atoms with Crippen molar-refractivity contribution >= 4 is 5.91 Å². The van der Waals surface area contributed by atoms with Gasteiger partial charge in [0, 0.05) is 24.9 Å². The lowest BCUT2D eigenvalue weighted by atomic mass is 10.0. The van der Waals surface area contributed by atoms with Crippen molar-refractivity contribution in [3.8, 4) is 0 Å². The molecule has 2 heterocycles. The van der Waals surface area contributed by atoms with Gasteiger partial charge < -0.3 is 10.0 Å². The van der Waals surface area contributed by atoms with E-state index in [9.17, 15) is 18.7 Å². The van der Waals surface area contributed by atoms with E-state index >= 15 is 0 Å². The Hall–Kier alpha value is -2.68. The van der Waals surface area contributed by atoms with Crippen LogP contribution in [0.2, 0.25) is 0 Å². The molecule has 0 bridgehead atoms. The van der Waals surface area contributed by atoms with E-state index in [0.717, 1.165) is 38.2 Å². The maximum absolute atomic E-state index is 14.4. The number of aryl methyl sites for hydroxylation is 1. The van der Waals surface area contributed by atoms with Crippen molar-refractivity contribution in [2.24, 2.45) is 0 Å². The van der Waals surface area contributed by atoms with E-state index in [1.165, 1.54) is 24.3 Å². The number of nitrogens with zero attached hydrogens (tertiary/aromatic N) is 4. The number of nitrogens with one attached hydrogen (secondary N) is 1. The van der Waals surface area contributed by atoms with Crippen molar-refractivity contribution < 1.29 is 18.7 Å². The molecule has 0 aliphatic carbocycles. The number of hydrogen-bond acceptors (Lipinski definition) is 5. The third-order valence-electron chi connectivity index (χ3n) is 5.36. The van der Waals surface area contributed by atoms with Crippen LogP contribution in [0.15, 0.2) is 42.5 Å². The number of aliphatic hydroxyl groups excluding tert-OH is 1. The molecule has 1 aliphatic heterocycles. The minimum atomic E-state index is -3.39. The van der Waals surface area contributed by atoms with Gasteiger partial charge in [-0.2, -0.15) is 14.0 Å². The average Bonchev–Trinajstić information content (AvgIpc) is 3.39.